The summed E-state index contributed by atoms with van der Waals surface area (Å²) in [5.41, 5.74) is 0. The van der Waals surface area contributed by atoms with Gasteiger partial charge in [-0.2, -0.15) is 0 Å². The molecule has 0 aromatic heterocycles. The molecular formula is C7H15NO4. The van der Waals surface area contributed by atoms with Crippen LogP contribution < -0.4 is 0 Å². The third kappa shape index (κ3) is 1.75. The summed E-state index contributed by atoms with van der Waals surface area (Å²) in [6.07, 6.45) is -1.71. The average Bonchev–Trinajstić information content (AvgIpc) is 2.29. The molecule has 0 aromatic rings. The molecule has 12 heavy (non-hydrogen) atoms. The van der Waals surface area contributed by atoms with Gasteiger partial charge in [-0.25, -0.2) is 0 Å². The maximum Gasteiger partial charge on any atom is 0.0988 e. The molecule has 5 heteroatoms. The fourth-order valence-electron chi connectivity index (χ4n) is 1.57. The molecule has 1 fully saturated rings. The van der Waals surface area contributed by atoms with Crippen LogP contribution in [0.4, 0.5) is 0 Å². The predicted octanol–water partition coefficient (Wildman–Crippen LogP) is -2.62. The molecule has 0 amide bonds. The molecule has 1 aliphatic heterocycles. The van der Waals surface area contributed by atoms with Gasteiger partial charge in [0.25, 0.3) is 0 Å². The smallest absolute Gasteiger partial charge is 0.0988 e. The zero-order valence-corrected chi connectivity index (χ0v) is 6.80. The predicted molar refractivity (Wildman–Crippen MR) is 41.5 cm³/mol. The molecule has 0 unspecified atom stereocenters. The number of hydrogen-bond acceptors (Lipinski definition) is 5. The minimum absolute atomic E-state index is 0.0318. The summed E-state index contributed by atoms with van der Waals surface area (Å²) in [4.78, 5) is 1.68. The monoisotopic (exact) mass is 177 g/mol. The van der Waals surface area contributed by atoms with Crippen molar-refractivity contribution in [2.45, 2.75) is 18.2 Å². The number of aliphatic hydroxyl groups is 4. The van der Waals surface area contributed by atoms with Crippen molar-refractivity contribution >= 4 is 0 Å². The Morgan fingerprint density at radius 3 is 2.42 bits per heavy atom. The quantitative estimate of drug-likeness (QED) is 0.379. The SMILES string of the molecule is OCCN1C[C@H](O)[C@@H](O)[C@@H]1CO. The van der Waals surface area contributed by atoms with E-state index in [1.165, 1.54) is 0 Å². The summed E-state index contributed by atoms with van der Waals surface area (Å²) in [5.74, 6) is 0. The molecule has 0 saturated carbocycles. The van der Waals surface area contributed by atoms with Gasteiger partial charge >= 0.3 is 0 Å². The highest BCUT2D eigenvalue weighted by Crippen LogP contribution is 2.17. The van der Waals surface area contributed by atoms with Crippen molar-refractivity contribution in [3.63, 3.8) is 0 Å². The summed E-state index contributed by atoms with van der Waals surface area (Å²) in [7, 11) is 0. The minimum Gasteiger partial charge on any atom is -0.395 e. The second kappa shape index (κ2) is 4.15. The molecular weight excluding hydrogens is 162 g/mol. The van der Waals surface area contributed by atoms with Crippen LogP contribution in [0.2, 0.25) is 0 Å². The number of likely N-dealkylation sites (tertiary alicyclic amines) is 1. The van der Waals surface area contributed by atoms with Gasteiger partial charge in [-0.3, -0.25) is 4.90 Å². The van der Waals surface area contributed by atoms with Crippen LogP contribution in [0.25, 0.3) is 0 Å². The maximum absolute atomic E-state index is 9.32. The Bertz CT molecular complexity index is 143. The number of nitrogens with zero attached hydrogens (tertiary/aromatic N) is 1. The summed E-state index contributed by atoms with van der Waals surface area (Å²) < 4.78 is 0. The summed E-state index contributed by atoms with van der Waals surface area (Å²) in [5, 5.41) is 36.0. The minimum atomic E-state index is -0.901. The largest absolute Gasteiger partial charge is 0.395 e. The van der Waals surface area contributed by atoms with Crippen molar-refractivity contribution in [1.82, 2.24) is 4.90 Å². The van der Waals surface area contributed by atoms with Gasteiger partial charge in [0.15, 0.2) is 0 Å². The van der Waals surface area contributed by atoms with E-state index in [9.17, 15) is 10.2 Å². The first-order valence-corrected chi connectivity index (χ1v) is 4.02. The van der Waals surface area contributed by atoms with Gasteiger partial charge in [0.05, 0.1) is 31.5 Å². The van der Waals surface area contributed by atoms with Crippen molar-refractivity contribution in [2.75, 3.05) is 26.3 Å². The number of hydrogen-bond donors (Lipinski definition) is 4. The third-order valence-corrected chi connectivity index (χ3v) is 2.25. The summed E-state index contributed by atoms with van der Waals surface area (Å²) in [6.45, 7) is 0.459. The van der Waals surface area contributed by atoms with Crippen molar-refractivity contribution in [2.24, 2.45) is 0 Å². The molecule has 1 aliphatic rings. The Labute approximate surface area is 70.9 Å². The molecule has 72 valence electrons. The first-order chi connectivity index (χ1) is 5.70. The summed E-state index contributed by atoms with van der Waals surface area (Å²) >= 11 is 0. The Kier molecular flexibility index (Phi) is 3.42. The molecule has 0 bridgehead atoms. The van der Waals surface area contributed by atoms with Gasteiger partial charge in [0.2, 0.25) is 0 Å². The summed E-state index contributed by atoms with van der Waals surface area (Å²) in [6, 6.07) is -0.438. The van der Waals surface area contributed by atoms with E-state index < -0.39 is 18.2 Å². The molecule has 0 radical (unpaired) electrons. The van der Waals surface area contributed by atoms with Gasteiger partial charge in [-0.05, 0) is 0 Å². The Morgan fingerprint density at radius 2 is 1.92 bits per heavy atom. The fourth-order valence-corrected chi connectivity index (χ4v) is 1.57. The van der Waals surface area contributed by atoms with Crippen LogP contribution in [-0.2, 0) is 0 Å². The van der Waals surface area contributed by atoms with E-state index in [4.69, 9.17) is 10.2 Å². The molecule has 1 rings (SSSR count). The van der Waals surface area contributed by atoms with Crippen molar-refractivity contribution < 1.29 is 20.4 Å². The van der Waals surface area contributed by atoms with Crippen molar-refractivity contribution in [1.29, 1.82) is 0 Å². The zero-order chi connectivity index (χ0) is 9.14. The average molecular weight is 177 g/mol. The highest BCUT2D eigenvalue weighted by molar-refractivity contribution is 4.92. The highest BCUT2D eigenvalue weighted by atomic mass is 16.3. The van der Waals surface area contributed by atoms with Gasteiger partial charge in [-0.15, -0.1) is 0 Å². The van der Waals surface area contributed by atoms with Crippen LogP contribution in [0.15, 0.2) is 0 Å². The lowest BCUT2D eigenvalue weighted by Crippen LogP contribution is -2.40. The van der Waals surface area contributed by atoms with Crippen molar-refractivity contribution in [3.8, 4) is 0 Å². The van der Waals surface area contributed by atoms with E-state index in [0.717, 1.165) is 0 Å². The van der Waals surface area contributed by atoms with Gasteiger partial charge in [-0.1, -0.05) is 0 Å². The van der Waals surface area contributed by atoms with E-state index in [-0.39, 0.29) is 13.2 Å². The first kappa shape index (κ1) is 9.88. The van der Waals surface area contributed by atoms with E-state index in [0.29, 0.717) is 13.1 Å². The van der Waals surface area contributed by atoms with Gasteiger partial charge < -0.3 is 20.4 Å². The molecule has 0 aliphatic carbocycles. The number of β-amino-alcohol motifs (C(OH)–C–C–N with tert-alkyl or cyclic N) is 2. The molecule has 0 spiro atoms. The van der Waals surface area contributed by atoms with E-state index in [2.05, 4.69) is 0 Å². The normalized spacial score (nSPS) is 37.5. The maximum atomic E-state index is 9.32. The molecule has 1 saturated heterocycles. The lowest BCUT2D eigenvalue weighted by molar-refractivity contribution is 0.0204. The van der Waals surface area contributed by atoms with Crippen LogP contribution in [0.5, 0.6) is 0 Å². The Morgan fingerprint density at radius 1 is 1.25 bits per heavy atom. The second-order valence-electron chi connectivity index (χ2n) is 3.03. The van der Waals surface area contributed by atoms with E-state index in [1.54, 1.807) is 4.90 Å². The van der Waals surface area contributed by atoms with E-state index >= 15 is 0 Å². The van der Waals surface area contributed by atoms with E-state index in [1.807, 2.05) is 0 Å². The van der Waals surface area contributed by atoms with Gasteiger partial charge in [0.1, 0.15) is 0 Å². The molecule has 1 heterocycles. The lowest BCUT2D eigenvalue weighted by Gasteiger charge is -2.22. The second-order valence-corrected chi connectivity index (χ2v) is 3.03. The standard InChI is InChI=1S/C7H15NO4/c9-2-1-8-3-6(11)7(12)5(8)4-10/h5-7,9-12H,1-4H2/t5-,6-,7-/m0/s1. The van der Waals surface area contributed by atoms with Gasteiger partial charge in [0, 0.05) is 13.1 Å². The molecule has 4 N–H and O–H groups in total. The third-order valence-electron chi connectivity index (χ3n) is 2.25. The van der Waals surface area contributed by atoms with Crippen LogP contribution in [0, 0.1) is 0 Å². The molecule has 3 atom stereocenters. The first-order valence-electron chi connectivity index (χ1n) is 4.02. The Balaban J connectivity index is 2.52. The van der Waals surface area contributed by atoms with Crippen LogP contribution in [0.3, 0.4) is 0 Å². The fraction of sp³-hybridized carbons (Fsp3) is 1.00. The lowest BCUT2D eigenvalue weighted by atomic mass is 10.1. The van der Waals surface area contributed by atoms with Crippen molar-refractivity contribution in [3.05, 3.63) is 0 Å². The van der Waals surface area contributed by atoms with Crippen LogP contribution >= 0.6 is 0 Å². The zero-order valence-electron chi connectivity index (χ0n) is 6.80. The van der Waals surface area contributed by atoms with Crippen LogP contribution in [-0.4, -0.2) is 69.9 Å². The highest BCUT2D eigenvalue weighted by Gasteiger charge is 2.38. The topological polar surface area (TPSA) is 84.2 Å². The Hall–Kier alpha value is -0.200. The number of rotatable bonds is 3. The number of aliphatic hydroxyl groups excluding tert-OH is 4. The molecule has 0 aromatic carbocycles. The molecule has 5 nitrogen and oxygen atoms in total. The van der Waals surface area contributed by atoms with Crippen LogP contribution in [0.1, 0.15) is 0 Å².